The van der Waals surface area contributed by atoms with Crippen LogP contribution in [0.5, 0.6) is 0 Å². The molecule has 1 aliphatic heterocycles. The van der Waals surface area contributed by atoms with Crippen LogP contribution in [0.3, 0.4) is 0 Å². The van der Waals surface area contributed by atoms with E-state index in [1.807, 2.05) is 4.90 Å². The first-order valence-corrected chi connectivity index (χ1v) is 5.24. The van der Waals surface area contributed by atoms with E-state index in [1.54, 1.807) is 7.11 Å². The van der Waals surface area contributed by atoms with Crippen LogP contribution in [0.4, 0.5) is 0 Å². The lowest BCUT2D eigenvalue weighted by Crippen LogP contribution is -2.43. The number of nitrogens with one attached hydrogen (secondary N) is 1. The highest BCUT2D eigenvalue weighted by Gasteiger charge is 2.18. The molecule has 1 aliphatic rings. The van der Waals surface area contributed by atoms with E-state index >= 15 is 0 Å². The molecule has 82 valence electrons. The van der Waals surface area contributed by atoms with Gasteiger partial charge >= 0.3 is 0 Å². The average molecular weight is 200 g/mol. The lowest BCUT2D eigenvalue weighted by atomic mass is 10.1. The maximum atomic E-state index is 11.7. The number of amides is 1. The van der Waals surface area contributed by atoms with Gasteiger partial charge in [-0.15, -0.1) is 0 Å². The van der Waals surface area contributed by atoms with Crippen molar-refractivity contribution in [1.29, 1.82) is 0 Å². The van der Waals surface area contributed by atoms with E-state index in [4.69, 9.17) is 4.74 Å². The van der Waals surface area contributed by atoms with E-state index in [1.165, 1.54) is 0 Å². The Labute approximate surface area is 85.6 Å². The van der Waals surface area contributed by atoms with Crippen molar-refractivity contribution in [3.05, 3.63) is 0 Å². The van der Waals surface area contributed by atoms with Crippen molar-refractivity contribution >= 4 is 5.91 Å². The minimum Gasteiger partial charge on any atom is -0.383 e. The van der Waals surface area contributed by atoms with Gasteiger partial charge in [0.2, 0.25) is 5.91 Å². The van der Waals surface area contributed by atoms with Gasteiger partial charge in [0.25, 0.3) is 0 Å². The summed E-state index contributed by atoms with van der Waals surface area (Å²) in [6, 6.07) is 0.299. The summed E-state index contributed by atoms with van der Waals surface area (Å²) in [7, 11) is 1.67. The number of ether oxygens (including phenoxy) is 1. The van der Waals surface area contributed by atoms with Crippen LogP contribution in [0, 0.1) is 0 Å². The molecule has 0 radical (unpaired) electrons. The third-order valence-corrected chi connectivity index (χ3v) is 2.50. The van der Waals surface area contributed by atoms with Crippen molar-refractivity contribution < 1.29 is 9.53 Å². The van der Waals surface area contributed by atoms with Gasteiger partial charge < -0.3 is 15.0 Å². The normalized spacial score (nSPS) is 24.6. The highest BCUT2D eigenvalue weighted by atomic mass is 16.5. The van der Waals surface area contributed by atoms with Crippen molar-refractivity contribution in [2.45, 2.75) is 25.8 Å². The zero-order chi connectivity index (χ0) is 10.4. The minimum absolute atomic E-state index is 0.238. The molecule has 1 N–H and O–H groups in total. The molecule has 0 bridgehead atoms. The lowest BCUT2D eigenvalue weighted by Gasteiger charge is -2.27. The maximum Gasteiger partial charge on any atom is 0.224 e. The third kappa shape index (κ3) is 3.64. The highest BCUT2D eigenvalue weighted by molar-refractivity contribution is 5.76. The molecule has 1 saturated heterocycles. The molecule has 1 atom stereocenters. The Morgan fingerprint density at radius 3 is 3.14 bits per heavy atom. The number of hydrogen-bond acceptors (Lipinski definition) is 3. The van der Waals surface area contributed by atoms with Crippen LogP contribution >= 0.6 is 0 Å². The van der Waals surface area contributed by atoms with E-state index in [0.29, 0.717) is 19.1 Å². The van der Waals surface area contributed by atoms with E-state index in [2.05, 4.69) is 12.2 Å². The molecule has 4 heteroatoms. The Hall–Kier alpha value is -0.610. The predicted octanol–water partition coefficient (Wildman–Crippen LogP) is 0.233. The summed E-state index contributed by atoms with van der Waals surface area (Å²) >= 11 is 0. The molecule has 1 fully saturated rings. The molecule has 1 heterocycles. The molecule has 0 aliphatic carbocycles. The number of carbonyl (C=O) groups is 1. The fourth-order valence-electron chi connectivity index (χ4n) is 1.64. The Balaban J connectivity index is 2.41. The van der Waals surface area contributed by atoms with Crippen molar-refractivity contribution in [2.75, 3.05) is 33.4 Å². The van der Waals surface area contributed by atoms with E-state index in [-0.39, 0.29) is 5.91 Å². The zero-order valence-electron chi connectivity index (χ0n) is 9.08. The number of nitrogens with zero attached hydrogens (tertiary/aromatic N) is 1. The molecule has 1 rings (SSSR count). The van der Waals surface area contributed by atoms with Gasteiger partial charge in [-0.25, -0.2) is 0 Å². The summed E-state index contributed by atoms with van der Waals surface area (Å²) in [6.07, 6.45) is 1.63. The Morgan fingerprint density at radius 1 is 1.64 bits per heavy atom. The van der Waals surface area contributed by atoms with Gasteiger partial charge in [-0.1, -0.05) is 0 Å². The third-order valence-electron chi connectivity index (χ3n) is 2.50. The molecular formula is C10H20N2O2. The number of methoxy groups -OCH3 is 1. The molecule has 0 saturated carbocycles. The molecular weight excluding hydrogens is 180 g/mol. The van der Waals surface area contributed by atoms with Crippen LogP contribution in [-0.2, 0) is 9.53 Å². The van der Waals surface area contributed by atoms with Gasteiger partial charge in [-0.3, -0.25) is 4.79 Å². The molecule has 1 amide bonds. The predicted molar refractivity (Wildman–Crippen MR) is 55.2 cm³/mol. The smallest absolute Gasteiger partial charge is 0.224 e. The Morgan fingerprint density at radius 2 is 2.43 bits per heavy atom. The van der Waals surface area contributed by atoms with Gasteiger partial charge in [-0.2, -0.15) is 0 Å². The molecule has 0 spiro atoms. The van der Waals surface area contributed by atoms with Crippen molar-refractivity contribution in [2.24, 2.45) is 0 Å². The largest absolute Gasteiger partial charge is 0.383 e. The van der Waals surface area contributed by atoms with Crippen molar-refractivity contribution in [3.63, 3.8) is 0 Å². The fraction of sp³-hybridized carbons (Fsp3) is 0.900. The summed E-state index contributed by atoms with van der Waals surface area (Å²) in [4.78, 5) is 13.6. The second-order valence-corrected chi connectivity index (χ2v) is 3.79. The minimum atomic E-state index is 0.238. The fourth-order valence-corrected chi connectivity index (χ4v) is 1.64. The first-order valence-electron chi connectivity index (χ1n) is 5.24. The second-order valence-electron chi connectivity index (χ2n) is 3.79. The van der Waals surface area contributed by atoms with Gasteiger partial charge in [-0.05, 0) is 19.9 Å². The van der Waals surface area contributed by atoms with E-state index in [0.717, 1.165) is 26.1 Å². The van der Waals surface area contributed by atoms with Crippen molar-refractivity contribution in [1.82, 2.24) is 10.2 Å². The summed E-state index contributed by atoms with van der Waals surface area (Å²) in [5.74, 6) is 0.238. The molecule has 0 aromatic carbocycles. The van der Waals surface area contributed by atoms with Crippen LogP contribution in [0.2, 0.25) is 0 Å². The topological polar surface area (TPSA) is 41.6 Å². The Kier molecular flexibility index (Phi) is 4.90. The first kappa shape index (κ1) is 11.5. The van der Waals surface area contributed by atoms with Crippen LogP contribution in [0.1, 0.15) is 19.8 Å². The molecule has 14 heavy (non-hydrogen) atoms. The lowest BCUT2D eigenvalue weighted by molar-refractivity contribution is -0.132. The van der Waals surface area contributed by atoms with Crippen LogP contribution in [-0.4, -0.2) is 50.2 Å². The zero-order valence-corrected chi connectivity index (χ0v) is 9.08. The average Bonchev–Trinajstić information content (AvgIpc) is 2.14. The summed E-state index contributed by atoms with van der Waals surface area (Å²) < 4.78 is 4.98. The summed E-state index contributed by atoms with van der Waals surface area (Å²) in [6.45, 7) is 5.26. The molecule has 1 unspecified atom stereocenters. The van der Waals surface area contributed by atoms with Gasteiger partial charge in [0.15, 0.2) is 0 Å². The quantitative estimate of drug-likeness (QED) is 0.709. The molecule has 0 aromatic heterocycles. The monoisotopic (exact) mass is 200 g/mol. The first-order chi connectivity index (χ1) is 6.74. The summed E-state index contributed by atoms with van der Waals surface area (Å²) in [5.41, 5.74) is 0. The highest BCUT2D eigenvalue weighted by Crippen LogP contribution is 2.03. The van der Waals surface area contributed by atoms with Crippen LogP contribution in [0.25, 0.3) is 0 Å². The Bertz CT molecular complexity index is 183. The molecule has 4 nitrogen and oxygen atoms in total. The number of rotatable bonds is 3. The van der Waals surface area contributed by atoms with Gasteiger partial charge in [0.05, 0.1) is 6.61 Å². The van der Waals surface area contributed by atoms with Gasteiger partial charge in [0, 0.05) is 32.7 Å². The van der Waals surface area contributed by atoms with Crippen LogP contribution in [0.15, 0.2) is 0 Å². The van der Waals surface area contributed by atoms with Crippen LogP contribution < -0.4 is 5.32 Å². The summed E-state index contributed by atoms with van der Waals surface area (Å²) in [5, 5.41) is 3.31. The standard InChI is InChI=1S/C10H20N2O2/c1-9-8-10(13)12(6-7-14-2)5-3-4-11-9/h9,11H,3-8H2,1-2H3. The number of hydrogen-bond donors (Lipinski definition) is 1. The van der Waals surface area contributed by atoms with Crippen molar-refractivity contribution in [3.8, 4) is 0 Å². The SMILES string of the molecule is COCCN1CCCNC(C)CC1=O. The molecule has 0 aromatic rings. The second kappa shape index (κ2) is 5.98. The van der Waals surface area contributed by atoms with Gasteiger partial charge in [0.1, 0.15) is 0 Å². The van der Waals surface area contributed by atoms with E-state index < -0.39 is 0 Å². The van der Waals surface area contributed by atoms with E-state index in [9.17, 15) is 4.79 Å². The maximum absolute atomic E-state index is 11.7. The number of carbonyl (C=O) groups excluding carboxylic acids is 1.